The Morgan fingerprint density at radius 3 is 1.70 bits per heavy atom. The number of fused-ring (bicyclic) bond motifs is 1. The molecule has 17 heteroatoms. The molecule has 3 aromatic carbocycles. The molecule has 1 saturated heterocycles. The monoisotopic (exact) mass is 743 g/mol. The number of nitrogens with two attached hydrogens (primary N) is 4. The fourth-order valence-electron chi connectivity index (χ4n) is 5.91. The Kier molecular flexibility index (Phi) is 15.0. The topological polar surface area (TPSA) is 284 Å². The third-order valence-corrected chi connectivity index (χ3v) is 8.72. The van der Waals surface area contributed by atoms with Crippen LogP contribution in [-0.2, 0) is 36.8 Å². The molecule has 0 bridgehead atoms. The molecule has 1 aliphatic rings. The summed E-state index contributed by atoms with van der Waals surface area (Å²) < 4.78 is 5.24. The van der Waals surface area contributed by atoms with Gasteiger partial charge in [-0.1, -0.05) is 54.6 Å². The van der Waals surface area contributed by atoms with Gasteiger partial charge in [0.15, 0.2) is 11.9 Å². The second-order valence-corrected chi connectivity index (χ2v) is 12.9. The maximum Gasteiger partial charge on any atom is 0.243 e. The van der Waals surface area contributed by atoms with Gasteiger partial charge in [0, 0.05) is 25.9 Å². The second kappa shape index (κ2) is 20.0. The number of rotatable bonds is 13. The predicted molar refractivity (Wildman–Crippen MR) is 205 cm³/mol. The first-order valence-electron chi connectivity index (χ1n) is 17.6. The van der Waals surface area contributed by atoms with Crippen LogP contribution in [0.2, 0.25) is 0 Å². The van der Waals surface area contributed by atoms with E-state index in [2.05, 4.69) is 36.6 Å². The summed E-state index contributed by atoms with van der Waals surface area (Å²) in [5.41, 5.74) is 23.4. The summed E-state index contributed by atoms with van der Waals surface area (Å²) in [4.78, 5) is 76.7. The van der Waals surface area contributed by atoms with Gasteiger partial charge in [0.2, 0.25) is 29.5 Å². The Morgan fingerprint density at radius 2 is 1.13 bits per heavy atom. The van der Waals surface area contributed by atoms with Crippen LogP contribution >= 0.6 is 0 Å². The van der Waals surface area contributed by atoms with Crippen molar-refractivity contribution in [3.63, 3.8) is 0 Å². The van der Waals surface area contributed by atoms with E-state index in [1.54, 1.807) is 24.3 Å². The van der Waals surface area contributed by atoms with E-state index < -0.39 is 60.2 Å². The van der Waals surface area contributed by atoms with E-state index in [4.69, 9.17) is 27.7 Å². The van der Waals surface area contributed by atoms with Crippen molar-refractivity contribution in [2.24, 2.45) is 32.9 Å². The normalized spacial score (nSPS) is 19.8. The molecule has 17 nitrogen and oxygen atoms in total. The number of nitrogens with one attached hydrogen (secondary N) is 5. The van der Waals surface area contributed by atoms with E-state index in [9.17, 15) is 24.0 Å². The van der Waals surface area contributed by atoms with Crippen molar-refractivity contribution in [1.82, 2.24) is 26.6 Å². The van der Waals surface area contributed by atoms with Gasteiger partial charge in [0.25, 0.3) is 0 Å². The third kappa shape index (κ3) is 12.7. The first kappa shape index (κ1) is 40.4. The highest BCUT2D eigenvalue weighted by Crippen LogP contribution is 2.18. The molecule has 13 N–H and O–H groups in total. The van der Waals surface area contributed by atoms with Crippen LogP contribution in [0.3, 0.4) is 0 Å². The standard InChI is InChI=1S/C37H49N11O6/c1-54-26-14-11-22(12-15-26)19-30-35(53)47-27(8-4-16-42-36(38)39)33(51)46-28(9-5-17-43-37(40)41)34(52)48-29(32(50)44-21-31(49)45-30)20-23-10-13-24-6-2-3-7-25(24)18-23/h2-3,6-7,10-15,18,27-30H,4-5,8-9,16-17,19-21H2,1H3,(H,44,50)(H,45,49)(H,46,51)(H,47,53)(H,48,52)(H4,38,39,42)(H4,40,41,43)/t27-,28-,29-,30+/m0/s1. The molecule has 0 aliphatic carbocycles. The highest BCUT2D eigenvalue weighted by molar-refractivity contribution is 5.97. The maximum atomic E-state index is 13.9. The molecule has 1 aliphatic heterocycles. The summed E-state index contributed by atoms with van der Waals surface area (Å²) in [5.74, 6) is -2.95. The summed E-state index contributed by atoms with van der Waals surface area (Å²) >= 11 is 0. The van der Waals surface area contributed by atoms with Crippen molar-refractivity contribution < 1.29 is 28.7 Å². The summed E-state index contributed by atoms with van der Waals surface area (Å²) in [5, 5.41) is 15.5. The Morgan fingerprint density at radius 1 is 0.630 bits per heavy atom. The number of hydrogen-bond donors (Lipinski definition) is 9. The molecule has 4 rings (SSSR count). The molecule has 0 spiro atoms. The van der Waals surface area contributed by atoms with Gasteiger partial charge in [0.1, 0.15) is 29.9 Å². The lowest BCUT2D eigenvalue weighted by Gasteiger charge is -2.26. The van der Waals surface area contributed by atoms with E-state index in [0.717, 1.165) is 16.3 Å². The maximum absolute atomic E-state index is 13.9. The number of hydrogen-bond acceptors (Lipinski definition) is 8. The van der Waals surface area contributed by atoms with Gasteiger partial charge in [-0.3, -0.25) is 34.0 Å². The van der Waals surface area contributed by atoms with Gasteiger partial charge in [-0.25, -0.2) is 0 Å². The van der Waals surface area contributed by atoms with Crippen LogP contribution in [0.25, 0.3) is 10.8 Å². The summed E-state index contributed by atoms with van der Waals surface area (Å²) in [6.07, 6.45) is 0.890. The largest absolute Gasteiger partial charge is 0.497 e. The average molecular weight is 744 g/mol. The highest BCUT2D eigenvalue weighted by Gasteiger charge is 2.32. The predicted octanol–water partition coefficient (Wildman–Crippen LogP) is -1.19. The van der Waals surface area contributed by atoms with Crippen molar-refractivity contribution in [2.45, 2.75) is 62.7 Å². The van der Waals surface area contributed by atoms with Crippen molar-refractivity contribution in [2.75, 3.05) is 26.7 Å². The molecule has 0 aromatic heterocycles. The minimum absolute atomic E-state index is 0.0515. The minimum atomic E-state index is -1.16. The lowest BCUT2D eigenvalue weighted by Crippen LogP contribution is -2.58. The highest BCUT2D eigenvalue weighted by atomic mass is 16.5. The number of amides is 5. The van der Waals surface area contributed by atoms with E-state index >= 15 is 0 Å². The van der Waals surface area contributed by atoms with Gasteiger partial charge in [-0.15, -0.1) is 0 Å². The molecule has 54 heavy (non-hydrogen) atoms. The molecule has 3 aromatic rings. The molecule has 5 amide bonds. The quantitative estimate of drug-likeness (QED) is 0.0573. The zero-order chi connectivity index (χ0) is 39.0. The Balaban J connectivity index is 1.68. The van der Waals surface area contributed by atoms with Crippen LogP contribution in [0.4, 0.5) is 0 Å². The van der Waals surface area contributed by atoms with Gasteiger partial charge in [-0.2, -0.15) is 0 Å². The van der Waals surface area contributed by atoms with E-state index in [1.165, 1.54) is 7.11 Å². The number of carbonyl (C=O) groups is 5. The van der Waals surface area contributed by atoms with Crippen LogP contribution < -0.4 is 54.3 Å². The van der Waals surface area contributed by atoms with Crippen LogP contribution in [0.5, 0.6) is 5.75 Å². The van der Waals surface area contributed by atoms with Crippen LogP contribution in [0.15, 0.2) is 76.7 Å². The molecular formula is C37H49N11O6. The zero-order valence-electron chi connectivity index (χ0n) is 30.2. The summed E-state index contributed by atoms with van der Waals surface area (Å²) in [6.45, 7) is -0.153. The molecule has 1 fully saturated rings. The first-order valence-corrected chi connectivity index (χ1v) is 17.6. The van der Waals surface area contributed by atoms with Gasteiger partial charge >= 0.3 is 0 Å². The first-order chi connectivity index (χ1) is 25.9. The molecule has 288 valence electrons. The van der Waals surface area contributed by atoms with Crippen molar-refractivity contribution in [3.8, 4) is 5.75 Å². The van der Waals surface area contributed by atoms with E-state index in [0.29, 0.717) is 24.2 Å². The number of guanidine groups is 2. The SMILES string of the molecule is COc1ccc(C[C@H]2NC(=O)CNC(=O)[C@H](Cc3ccc4ccccc4c3)NC(=O)[C@H](CCCN=C(N)N)NC(=O)[C@H](CCCN=C(N)N)NC2=O)cc1. The molecule has 0 radical (unpaired) electrons. The van der Waals surface area contributed by atoms with Crippen molar-refractivity contribution in [1.29, 1.82) is 0 Å². The summed E-state index contributed by atoms with van der Waals surface area (Å²) in [6, 6.07) is 15.7. The number of aliphatic imine (C=N–C) groups is 2. The molecule has 0 unspecified atom stereocenters. The fraction of sp³-hybridized carbons (Fsp3) is 0.378. The third-order valence-electron chi connectivity index (χ3n) is 8.72. The fourth-order valence-corrected chi connectivity index (χ4v) is 5.91. The Bertz CT molecular complexity index is 1840. The lowest BCUT2D eigenvalue weighted by atomic mass is 10.0. The van der Waals surface area contributed by atoms with E-state index in [1.807, 2.05) is 42.5 Å². The van der Waals surface area contributed by atoms with Crippen LogP contribution in [0.1, 0.15) is 36.8 Å². The number of benzene rings is 3. The Labute approximate surface area is 313 Å². The van der Waals surface area contributed by atoms with Gasteiger partial charge in [-0.05, 0) is 59.7 Å². The van der Waals surface area contributed by atoms with Gasteiger partial charge < -0.3 is 54.3 Å². The average Bonchev–Trinajstić information content (AvgIpc) is 3.15. The number of ether oxygens (including phenoxy) is 1. The molecule has 1 heterocycles. The Hall–Kier alpha value is -6.39. The van der Waals surface area contributed by atoms with Crippen LogP contribution in [-0.4, -0.2) is 92.4 Å². The minimum Gasteiger partial charge on any atom is -0.497 e. The smallest absolute Gasteiger partial charge is 0.243 e. The van der Waals surface area contributed by atoms with Crippen molar-refractivity contribution >= 4 is 52.2 Å². The molecular weight excluding hydrogens is 694 g/mol. The summed E-state index contributed by atoms with van der Waals surface area (Å²) in [7, 11) is 1.53. The second-order valence-electron chi connectivity index (χ2n) is 12.9. The molecule has 4 atom stereocenters. The van der Waals surface area contributed by atoms with Crippen LogP contribution in [0, 0.1) is 0 Å². The number of nitrogens with zero attached hydrogens (tertiary/aromatic N) is 2. The van der Waals surface area contributed by atoms with E-state index in [-0.39, 0.29) is 50.7 Å². The molecule has 0 saturated carbocycles. The van der Waals surface area contributed by atoms with Gasteiger partial charge in [0.05, 0.1) is 13.7 Å². The number of methoxy groups -OCH3 is 1. The number of carbonyl (C=O) groups excluding carboxylic acids is 5. The lowest BCUT2D eigenvalue weighted by molar-refractivity contribution is -0.134. The van der Waals surface area contributed by atoms with Crippen molar-refractivity contribution in [3.05, 3.63) is 77.9 Å². The zero-order valence-corrected chi connectivity index (χ0v) is 30.2.